The van der Waals surface area contributed by atoms with E-state index >= 15 is 0 Å². The molecule has 128 valence electrons. The number of carbonyl (C=O) groups is 1. The van der Waals surface area contributed by atoms with Crippen LogP contribution in [0.3, 0.4) is 0 Å². The summed E-state index contributed by atoms with van der Waals surface area (Å²) in [5.74, 6) is 1.83. The van der Waals surface area contributed by atoms with E-state index in [0.717, 1.165) is 43.7 Å². The number of nitrogens with zero attached hydrogens (tertiary/aromatic N) is 3. The average molecular weight is 336 g/mol. The lowest BCUT2D eigenvalue weighted by atomic mass is 9.93. The Morgan fingerprint density at radius 1 is 1.20 bits per heavy atom. The number of carbonyl (C=O) groups excluding carboxylic acids is 1. The highest BCUT2D eigenvalue weighted by Crippen LogP contribution is 2.26. The second-order valence-electron chi connectivity index (χ2n) is 6.37. The molecular formula is C19H20N4O2. The normalized spacial score (nSPS) is 15.4. The molecule has 1 N–H and O–H groups in total. The van der Waals surface area contributed by atoms with Gasteiger partial charge >= 0.3 is 0 Å². The maximum atomic E-state index is 12.9. The summed E-state index contributed by atoms with van der Waals surface area (Å²) in [5, 5.41) is 0. The molecule has 0 radical (unpaired) electrons. The van der Waals surface area contributed by atoms with Crippen LogP contribution in [0, 0.1) is 5.92 Å². The minimum absolute atomic E-state index is 0.0761. The Morgan fingerprint density at radius 3 is 2.72 bits per heavy atom. The first-order valence-electron chi connectivity index (χ1n) is 8.57. The molecule has 0 saturated carbocycles. The van der Waals surface area contributed by atoms with Gasteiger partial charge in [-0.05, 0) is 18.8 Å². The van der Waals surface area contributed by atoms with E-state index in [1.54, 1.807) is 6.20 Å². The van der Waals surface area contributed by atoms with Gasteiger partial charge in [-0.1, -0.05) is 30.3 Å². The molecule has 1 aromatic carbocycles. The molecule has 6 heteroatoms. The van der Waals surface area contributed by atoms with Crippen LogP contribution in [0.5, 0.6) is 0 Å². The largest absolute Gasteiger partial charge is 0.438 e. The fraction of sp³-hybridized carbons (Fsp3) is 0.316. The smallest absolute Gasteiger partial charge is 0.291 e. The minimum atomic E-state index is -0.0761. The number of nitrogens with one attached hydrogen (secondary N) is 1. The zero-order valence-corrected chi connectivity index (χ0v) is 13.9. The predicted octanol–water partition coefficient (Wildman–Crippen LogP) is 3.16. The first-order valence-corrected chi connectivity index (χ1v) is 8.57. The van der Waals surface area contributed by atoms with Crippen molar-refractivity contribution < 1.29 is 9.21 Å². The Bertz CT molecular complexity index is 818. The number of aromatic nitrogens is 3. The van der Waals surface area contributed by atoms with Gasteiger partial charge in [0.05, 0.1) is 0 Å². The van der Waals surface area contributed by atoms with Crippen LogP contribution in [0.1, 0.15) is 29.2 Å². The van der Waals surface area contributed by atoms with E-state index in [0.29, 0.717) is 17.4 Å². The number of amides is 1. The molecule has 6 nitrogen and oxygen atoms in total. The van der Waals surface area contributed by atoms with Crippen LogP contribution >= 0.6 is 0 Å². The lowest BCUT2D eigenvalue weighted by molar-refractivity contribution is 0.0659. The Kier molecular flexibility index (Phi) is 4.33. The lowest BCUT2D eigenvalue weighted by Crippen LogP contribution is -2.39. The van der Waals surface area contributed by atoms with Crippen molar-refractivity contribution in [2.75, 3.05) is 13.1 Å². The SMILES string of the molecule is O=C(c1ocnc1-c1ccccc1)N1CCC(Cc2ncc[nH]2)CC1. The van der Waals surface area contributed by atoms with Gasteiger partial charge in [0.2, 0.25) is 5.76 Å². The van der Waals surface area contributed by atoms with E-state index in [2.05, 4.69) is 15.0 Å². The number of hydrogen-bond donors (Lipinski definition) is 1. The third kappa shape index (κ3) is 3.33. The molecule has 0 aliphatic carbocycles. The van der Waals surface area contributed by atoms with Crippen molar-refractivity contribution in [1.82, 2.24) is 19.9 Å². The maximum absolute atomic E-state index is 12.9. The first-order chi connectivity index (χ1) is 12.3. The van der Waals surface area contributed by atoms with E-state index in [-0.39, 0.29) is 5.91 Å². The molecular weight excluding hydrogens is 316 g/mol. The van der Waals surface area contributed by atoms with Crippen LogP contribution < -0.4 is 0 Å². The zero-order valence-electron chi connectivity index (χ0n) is 13.9. The monoisotopic (exact) mass is 336 g/mol. The molecule has 1 fully saturated rings. The maximum Gasteiger partial charge on any atom is 0.291 e. The van der Waals surface area contributed by atoms with Crippen molar-refractivity contribution >= 4 is 5.91 Å². The van der Waals surface area contributed by atoms with Crippen molar-refractivity contribution in [2.45, 2.75) is 19.3 Å². The van der Waals surface area contributed by atoms with E-state index in [1.165, 1.54) is 6.39 Å². The molecule has 3 aromatic rings. The van der Waals surface area contributed by atoms with Crippen LogP contribution in [-0.2, 0) is 6.42 Å². The summed E-state index contributed by atoms with van der Waals surface area (Å²) in [6.45, 7) is 1.47. The number of rotatable bonds is 4. The summed E-state index contributed by atoms with van der Waals surface area (Å²) >= 11 is 0. The Balaban J connectivity index is 1.42. The number of aromatic amines is 1. The third-order valence-corrected chi connectivity index (χ3v) is 4.75. The van der Waals surface area contributed by atoms with Crippen molar-refractivity contribution in [3.05, 3.63) is 60.7 Å². The number of benzene rings is 1. The van der Waals surface area contributed by atoms with Crippen LogP contribution in [0.2, 0.25) is 0 Å². The summed E-state index contributed by atoms with van der Waals surface area (Å²) in [6.07, 6.45) is 7.86. The molecule has 0 unspecified atom stereocenters. The predicted molar refractivity (Wildman–Crippen MR) is 92.9 cm³/mol. The van der Waals surface area contributed by atoms with Crippen molar-refractivity contribution in [3.63, 3.8) is 0 Å². The van der Waals surface area contributed by atoms with Crippen LogP contribution in [0.15, 0.2) is 53.5 Å². The van der Waals surface area contributed by atoms with E-state index in [9.17, 15) is 4.79 Å². The van der Waals surface area contributed by atoms with Crippen molar-refractivity contribution in [2.24, 2.45) is 5.92 Å². The molecule has 4 rings (SSSR count). The fourth-order valence-corrected chi connectivity index (χ4v) is 3.37. The molecule has 25 heavy (non-hydrogen) atoms. The van der Waals surface area contributed by atoms with E-state index < -0.39 is 0 Å². The Labute approximate surface area is 145 Å². The Morgan fingerprint density at radius 2 is 2.00 bits per heavy atom. The second kappa shape index (κ2) is 6.93. The molecule has 1 aliphatic rings. The third-order valence-electron chi connectivity index (χ3n) is 4.75. The number of piperidine rings is 1. The number of likely N-dealkylation sites (tertiary alicyclic amines) is 1. The topological polar surface area (TPSA) is 75.0 Å². The number of imidazole rings is 1. The second-order valence-corrected chi connectivity index (χ2v) is 6.37. The van der Waals surface area contributed by atoms with Gasteiger partial charge in [0.1, 0.15) is 11.5 Å². The standard InChI is InChI=1S/C19H20N4O2/c24-19(18-17(22-13-25-18)15-4-2-1-3-5-15)23-10-6-14(7-11-23)12-16-20-8-9-21-16/h1-5,8-9,13-14H,6-7,10-12H2,(H,20,21). The highest BCUT2D eigenvalue weighted by atomic mass is 16.3. The highest BCUT2D eigenvalue weighted by molar-refractivity contribution is 5.97. The molecule has 3 heterocycles. The minimum Gasteiger partial charge on any atom is -0.438 e. The quantitative estimate of drug-likeness (QED) is 0.794. The van der Waals surface area contributed by atoms with Gasteiger partial charge in [0, 0.05) is 37.5 Å². The molecule has 2 aromatic heterocycles. The van der Waals surface area contributed by atoms with Crippen molar-refractivity contribution in [3.8, 4) is 11.3 Å². The van der Waals surface area contributed by atoms with Gasteiger partial charge in [-0.3, -0.25) is 4.79 Å². The van der Waals surface area contributed by atoms with Crippen LogP contribution in [0.4, 0.5) is 0 Å². The average Bonchev–Trinajstić information content (AvgIpc) is 3.34. The summed E-state index contributed by atoms with van der Waals surface area (Å²) < 4.78 is 5.43. The first kappa shape index (κ1) is 15.6. The molecule has 0 bridgehead atoms. The van der Waals surface area contributed by atoms with Gasteiger partial charge in [-0.25, -0.2) is 9.97 Å². The summed E-state index contributed by atoms with van der Waals surface area (Å²) in [7, 11) is 0. The summed E-state index contributed by atoms with van der Waals surface area (Å²) in [4.78, 5) is 26.4. The summed E-state index contributed by atoms with van der Waals surface area (Å²) in [5.41, 5.74) is 1.51. The number of H-pyrrole nitrogens is 1. The molecule has 0 atom stereocenters. The van der Waals surface area contributed by atoms with Gasteiger partial charge in [0.15, 0.2) is 6.39 Å². The van der Waals surface area contributed by atoms with Crippen molar-refractivity contribution in [1.29, 1.82) is 0 Å². The van der Waals surface area contributed by atoms with Crippen LogP contribution in [-0.4, -0.2) is 38.8 Å². The van der Waals surface area contributed by atoms with Gasteiger partial charge < -0.3 is 14.3 Å². The van der Waals surface area contributed by atoms with Crippen LogP contribution in [0.25, 0.3) is 11.3 Å². The molecule has 1 amide bonds. The zero-order chi connectivity index (χ0) is 17.1. The fourth-order valence-electron chi connectivity index (χ4n) is 3.37. The highest BCUT2D eigenvalue weighted by Gasteiger charge is 2.28. The number of oxazole rings is 1. The molecule has 1 saturated heterocycles. The van der Waals surface area contributed by atoms with E-state index in [4.69, 9.17) is 4.42 Å². The van der Waals surface area contributed by atoms with Gasteiger partial charge in [-0.2, -0.15) is 0 Å². The Hall–Kier alpha value is -2.89. The van der Waals surface area contributed by atoms with Gasteiger partial charge in [0.25, 0.3) is 5.91 Å². The van der Waals surface area contributed by atoms with Gasteiger partial charge in [-0.15, -0.1) is 0 Å². The summed E-state index contributed by atoms with van der Waals surface area (Å²) in [6, 6.07) is 9.67. The number of hydrogen-bond acceptors (Lipinski definition) is 4. The lowest BCUT2D eigenvalue weighted by Gasteiger charge is -2.31. The molecule has 1 aliphatic heterocycles. The van der Waals surface area contributed by atoms with E-state index in [1.807, 2.05) is 41.4 Å². The molecule has 0 spiro atoms.